The summed E-state index contributed by atoms with van der Waals surface area (Å²) in [6, 6.07) is 17.1. The third kappa shape index (κ3) is 3.66. The minimum Gasteiger partial charge on any atom is -0.493 e. The fourth-order valence-electron chi connectivity index (χ4n) is 3.02. The van der Waals surface area contributed by atoms with Crippen LogP contribution < -0.4 is 10.2 Å². The second-order valence-electron chi connectivity index (χ2n) is 6.34. The number of hydrogen-bond donors (Lipinski definition) is 2. The predicted octanol–water partition coefficient (Wildman–Crippen LogP) is 3.69. The minimum absolute atomic E-state index is 0.117. The number of carbonyl (C=O) groups is 2. The Balaban J connectivity index is 1.50. The van der Waals surface area contributed by atoms with Crippen molar-refractivity contribution in [3.8, 4) is 11.4 Å². The van der Waals surface area contributed by atoms with E-state index in [0.29, 0.717) is 17.0 Å². The first kappa shape index (κ1) is 19.0. The van der Waals surface area contributed by atoms with Gasteiger partial charge in [-0.15, -0.1) is 0 Å². The summed E-state index contributed by atoms with van der Waals surface area (Å²) >= 11 is 0. The monoisotopic (exact) mass is 403 g/mol. The highest BCUT2D eigenvalue weighted by Crippen LogP contribution is 2.28. The number of ether oxygens (including phenoxy) is 1. The molecule has 2 aromatic heterocycles. The summed E-state index contributed by atoms with van der Waals surface area (Å²) in [4.78, 5) is 23.4. The molecule has 30 heavy (non-hydrogen) atoms. The molecular weight excluding hydrogens is 386 g/mol. The molecule has 8 nitrogen and oxygen atoms in total. The van der Waals surface area contributed by atoms with Crippen LogP contribution in [0.1, 0.15) is 26.6 Å². The van der Waals surface area contributed by atoms with Crippen molar-refractivity contribution in [3.63, 3.8) is 0 Å². The van der Waals surface area contributed by atoms with E-state index in [9.17, 15) is 9.59 Å². The van der Waals surface area contributed by atoms with Crippen molar-refractivity contribution < 1.29 is 23.8 Å². The molecule has 2 heterocycles. The van der Waals surface area contributed by atoms with Gasteiger partial charge in [-0.1, -0.05) is 12.1 Å². The van der Waals surface area contributed by atoms with Gasteiger partial charge < -0.3 is 18.8 Å². The Morgan fingerprint density at radius 3 is 2.67 bits per heavy atom. The Morgan fingerprint density at radius 1 is 1.13 bits per heavy atom. The zero-order valence-corrected chi connectivity index (χ0v) is 15.9. The smallest absolute Gasteiger partial charge is 0.335 e. The average molecular weight is 403 g/mol. The highest BCUT2D eigenvalue weighted by molar-refractivity contribution is 5.97. The number of para-hydroxylation sites is 1. The number of benzene rings is 2. The van der Waals surface area contributed by atoms with Crippen LogP contribution >= 0.6 is 0 Å². The zero-order valence-electron chi connectivity index (χ0n) is 15.9. The fourth-order valence-corrected chi connectivity index (χ4v) is 3.02. The SMILES string of the molecule is COc1cccc2cc(C(=O)N/N=C\c3cccn3-c3ccc(C(=O)O)cc3)oc12. The van der Waals surface area contributed by atoms with Crippen molar-refractivity contribution in [1.29, 1.82) is 0 Å². The summed E-state index contributed by atoms with van der Waals surface area (Å²) in [6.07, 6.45) is 3.30. The predicted molar refractivity (Wildman–Crippen MR) is 111 cm³/mol. The van der Waals surface area contributed by atoms with Crippen LogP contribution in [0.15, 0.2) is 76.4 Å². The van der Waals surface area contributed by atoms with Gasteiger partial charge >= 0.3 is 11.9 Å². The number of hydrazone groups is 1. The minimum atomic E-state index is -0.984. The van der Waals surface area contributed by atoms with Gasteiger partial charge in [-0.3, -0.25) is 4.79 Å². The van der Waals surface area contributed by atoms with E-state index >= 15 is 0 Å². The van der Waals surface area contributed by atoms with Crippen molar-refractivity contribution >= 4 is 29.1 Å². The van der Waals surface area contributed by atoms with Gasteiger partial charge in [-0.25, -0.2) is 10.2 Å². The summed E-state index contributed by atoms with van der Waals surface area (Å²) in [5.74, 6) is -0.816. The van der Waals surface area contributed by atoms with Gasteiger partial charge in [0.05, 0.1) is 24.6 Å². The number of aromatic nitrogens is 1. The van der Waals surface area contributed by atoms with Crippen LogP contribution in [0.5, 0.6) is 5.75 Å². The Kier molecular flexibility index (Phi) is 5.04. The van der Waals surface area contributed by atoms with E-state index in [4.69, 9.17) is 14.3 Å². The van der Waals surface area contributed by atoms with E-state index in [0.717, 1.165) is 11.1 Å². The second-order valence-corrected chi connectivity index (χ2v) is 6.34. The van der Waals surface area contributed by atoms with E-state index in [-0.39, 0.29) is 11.3 Å². The van der Waals surface area contributed by atoms with Crippen molar-refractivity contribution in [2.75, 3.05) is 7.11 Å². The number of hydrogen-bond acceptors (Lipinski definition) is 5. The molecule has 0 radical (unpaired) electrons. The first-order valence-electron chi connectivity index (χ1n) is 8.98. The number of fused-ring (bicyclic) bond motifs is 1. The fraction of sp³-hybridized carbons (Fsp3) is 0.0455. The third-order valence-electron chi connectivity index (χ3n) is 4.49. The number of carboxylic acid groups (broad SMARTS) is 1. The van der Waals surface area contributed by atoms with E-state index in [1.54, 1.807) is 24.3 Å². The van der Waals surface area contributed by atoms with Crippen LogP contribution in [-0.2, 0) is 0 Å². The number of carboxylic acids is 1. The van der Waals surface area contributed by atoms with E-state index in [1.807, 2.05) is 35.0 Å². The lowest BCUT2D eigenvalue weighted by Crippen LogP contribution is -2.17. The Morgan fingerprint density at radius 2 is 1.93 bits per heavy atom. The molecule has 0 spiro atoms. The topological polar surface area (TPSA) is 106 Å². The van der Waals surface area contributed by atoms with Gasteiger partial charge in [-0.2, -0.15) is 5.10 Å². The molecule has 0 aliphatic carbocycles. The van der Waals surface area contributed by atoms with Gasteiger partial charge in [0, 0.05) is 17.3 Å². The maximum Gasteiger partial charge on any atom is 0.335 e. The first-order valence-corrected chi connectivity index (χ1v) is 8.98. The number of amides is 1. The molecular formula is C22H17N3O5. The number of rotatable bonds is 6. The van der Waals surface area contributed by atoms with Gasteiger partial charge in [0.1, 0.15) is 0 Å². The number of carbonyl (C=O) groups excluding carboxylic acids is 1. The van der Waals surface area contributed by atoms with E-state index < -0.39 is 11.9 Å². The number of aromatic carboxylic acids is 1. The summed E-state index contributed by atoms with van der Waals surface area (Å²) in [6.45, 7) is 0. The highest BCUT2D eigenvalue weighted by Gasteiger charge is 2.14. The maximum atomic E-state index is 12.4. The lowest BCUT2D eigenvalue weighted by Gasteiger charge is -2.06. The standard InChI is InChI=1S/C22H17N3O5/c1-29-18-6-2-4-15-12-19(30-20(15)18)21(26)24-23-13-17-5-3-11-25(17)16-9-7-14(8-10-16)22(27)28/h2-13H,1H3,(H,24,26)(H,27,28)/b23-13-. The number of furan rings is 1. The molecule has 0 aliphatic heterocycles. The normalized spacial score (nSPS) is 11.1. The Bertz CT molecular complexity index is 1250. The molecule has 0 unspecified atom stereocenters. The molecule has 0 fully saturated rings. The molecule has 150 valence electrons. The molecule has 0 bridgehead atoms. The van der Waals surface area contributed by atoms with Crippen molar-refractivity contribution in [2.24, 2.45) is 5.10 Å². The van der Waals surface area contributed by atoms with Gasteiger partial charge in [-0.05, 0) is 48.5 Å². The summed E-state index contributed by atoms with van der Waals surface area (Å²) in [5, 5.41) is 13.8. The third-order valence-corrected chi connectivity index (χ3v) is 4.49. The molecule has 2 aromatic carbocycles. The molecule has 4 rings (SSSR count). The molecule has 1 amide bonds. The largest absolute Gasteiger partial charge is 0.493 e. The average Bonchev–Trinajstić information content (AvgIpc) is 3.40. The van der Waals surface area contributed by atoms with Crippen LogP contribution in [0, 0.1) is 0 Å². The second kappa shape index (κ2) is 7.96. The van der Waals surface area contributed by atoms with Gasteiger partial charge in [0.15, 0.2) is 17.1 Å². The number of nitrogens with zero attached hydrogens (tertiary/aromatic N) is 2. The van der Waals surface area contributed by atoms with Crippen LogP contribution in [0.3, 0.4) is 0 Å². The molecule has 0 atom stereocenters. The van der Waals surface area contributed by atoms with Crippen LogP contribution in [0.4, 0.5) is 0 Å². The Hall–Kier alpha value is -4.33. The first-order chi connectivity index (χ1) is 14.6. The molecule has 4 aromatic rings. The lowest BCUT2D eigenvalue weighted by molar-refractivity contribution is 0.0696. The molecule has 0 saturated carbocycles. The summed E-state index contributed by atoms with van der Waals surface area (Å²) in [5.41, 5.74) is 4.61. The van der Waals surface area contributed by atoms with E-state index in [2.05, 4.69) is 10.5 Å². The van der Waals surface area contributed by atoms with Crippen molar-refractivity contribution in [1.82, 2.24) is 9.99 Å². The highest BCUT2D eigenvalue weighted by atomic mass is 16.5. The van der Waals surface area contributed by atoms with Crippen LogP contribution in [0.25, 0.3) is 16.7 Å². The van der Waals surface area contributed by atoms with E-state index in [1.165, 1.54) is 25.5 Å². The summed E-state index contributed by atoms with van der Waals surface area (Å²) < 4.78 is 12.6. The number of methoxy groups -OCH3 is 1. The Labute approximate surface area is 171 Å². The van der Waals surface area contributed by atoms with Gasteiger partial charge in [0.25, 0.3) is 0 Å². The quantitative estimate of drug-likeness (QED) is 0.377. The molecule has 0 saturated heterocycles. The lowest BCUT2D eigenvalue weighted by atomic mass is 10.2. The van der Waals surface area contributed by atoms with Crippen molar-refractivity contribution in [2.45, 2.75) is 0 Å². The summed E-state index contributed by atoms with van der Waals surface area (Å²) in [7, 11) is 1.53. The maximum absolute atomic E-state index is 12.4. The molecule has 8 heteroatoms. The zero-order chi connectivity index (χ0) is 21.1. The van der Waals surface area contributed by atoms with Crippen molar-refractivity contribution in [3.05, 3.63) is 83.9 Å². The van der Waals surface area contributed by atoms with Crippen LogP contribution in [-0.4, -0.2) is 34.9 Å². The van der Waals surface area contributed by atoms with Crippen LogP contribution in [0.2, 0.25) is 0 Å². The molecule has 0 aliphatic rings. The van der Waals surface area contributed by atoms with Gasteiger partial charge in [0.2, 0.25) is 0 Å². The number of nitrogens with one attached hydrogen (secondary N) is 1. The molecule has 2 N–H and O–H groups in total.